The summed E-state index contributed by atoms with van der Waals surface area (Å²) < 4.78 is 11.4. The van der Waals surface area contributed by atoms with Gasteiger partial charge in [0.25, 0.3) is 5.91 Å². The summed E-state index contributed by atoms with van der Waals surface area (Å²) in [6, 6.07) is 3.96. The van der Waals surface area contributed by atoms with E-state index in [1.807, 2.05) is 58.1 Å². The zero-order valence-corrected chi connectivity index (χ0v) is 33.5. The Kier molecular flexibility index (Phi) is 21.2. The molecule has 3 amide bonds. The molecule has 2 rings (SSSR count). The van der Waals surface area contributed by atoms with E-state index in [9.17, 15) is 39.3 Å². The van der Waals surface area contributed by atoms with Crippen molar-refractivity contribution in [2.75, 3.05) is 0 Å². The highest BCUT2D eigenvalue weighted by Gasteiger charge is 2.28. The van der Waals surface area contributed by atoms with Crippen molar-refractivity contribution in [3.63, 3.8) is 0 Å². The van der Waals surface area contributed by atoms with Gasteiger partial charge in [0.15, 0.2) is 0 Å². The number of cyclic esters (lactones) is 1. The van der Waals surface area contributed by atoms with Crippen molar-refractivity contribution in [2.24, 2.45) is 17.8 Å². The summed E-state index contributed by atoms with van der Waals surface area (Å²) in [5, 5.41) is 34.8. The Bertz CT molecular complexity index is 1640. The molecule has 0 saturated carbocycles. The molecule has 1 aliphatic rings. The van der Waals surface area contributed by atoms with Crippen molar-refractivity contribution >= 4 is 29.7 Å². The smallest absolute Gasteiger partial charge is 0.342 e. The van der Waals surface area contributed by atoms with Gasteiger partial charge < -0.3 is 30.1 Å². The van der Waals surface area contributed by atoms with Crippen LogP contribution in [0.2, 0.25) is 0 Å². The highest BCUT2D eigenvalue weighted by molar-refractivity contribution is 6.01. The summed E-state index contributed by atoms with van der Waals surface area (Å²) in [4.78, 5) is 65.3. The molecule has 0 aliphatic carbocycles. The van der Waals surface area contributed by atoms with Crippen LogP contribution < -0.4 is 5.32 Å². The average molecular weight is 777 g/mol. The molecule has 56 heavy (non-hydrogen) atoms. The molecule has 4 N–H and O–H groups in total. The molecule has 0 saturated heterocycles. The SMILES string of the molecule is CC=CC[C@H](C)[C@H](O)C[C@H](CC=CNC(=O)N(C=CCC1C[C@@H](O)[C@@H](C)CC=CCc2cccc(O)c2C(=O)O1)C(=O)C=CC=CCC)OC(=O)C(C)C(C)=O. The molecule has 12 heteroatoms. The Hall–Kier alpha value is -5.07. The Morgan fingerprint density at radius 3 is 2.52 bits per heavy atom. The molecule has 1 heterocycles. The molecule has 0 fully saturated rings. The van der Waals surface area contributed by atoms with Crippen molar-refractivity contribution in [1.29, 1.82) is 0 Å². The minimum absolute atomic E-state index is 0.0289. The summed E-state index contributed by atoms with van der Waals surface area (Å²) in [7, 11) is 0. The number of allylic oxidation sites excluding steroid dienone is 7. The van der Waals surface area contributed by atoms with Gasteiger partial charge in [-0.25, -0.2) is 14.5 Å². The van der Waals surface area contributed by atoms with Crippen LogP contribution in [-0.2, 0) is 30.3 Å². The first kappa shape index (κ1) is 47.1. The largest absolute Gasteiger partial charge is 0.507 e. The van der Waals surface area contributed by atoms with Crippen molar-refractivity contribution in [3.05, 3.63) is 102 Å². The van der Waals surface area contributed by atoms with Crippen molar-refractivity contribution in [2.45, 2.75) is 117 Å². The van der Waals surface area contributed by atoms with E-state index in [4.69, 9.17) is 9.47 Å². The van der Waals surface area contributed by atoms with E-state index in [2.05, 4.69) is 5.32 Å². The number of carbonyl (C=O) groups is 5. The molecule has 0 radical (unpaired) electrons. The van der Waals surface area contributed by atoms with E-state index in [0.29, 0.717) is 24.8 Å². The number of ether oxygens (including phenoxy) is 2. The number of esters is 2. The van der Waals surface area contributed by atoms with Gasteiger partial charge in [-0.3, -0.25) is 14.4 Å². The van der Waals surface area contributed by atoms with Crippen molar-refractivity contribution in [3.8, 4) is 5.75 Å². The number of aliphatic hydroxyl groups is 2. The number of rotatable bonds is 17. The Labute approximate surface area is 331 Å². The minimum Gasteiger partial charge on any atom is -0.507 e. The highest BCUT2D eigenvalue weighted by atomic mass is 16.5. The predicted octanol–water partition coefficient (Wildman–Crippen LogP) is 7.17. The van der Waals surface area contributed by atoms with Crippen LogP contribution in [0.15, 0.2) is 91.4 Å². The van der Waals surface area contributed by atoms with Crippen LogP contribution in [-0.4, -0.2) is 74.3 Å². The second kappa shape index (κ2) is 25.2. The molecule has 2 unspecified atom stereocenters. The van der Waals surface area contributed by atoms with Gasteiger partial charge >= 0.3 is 18.0 Å². The van der Waals surface area contributed by atoms with Crippen molar-refractivity contribution in [1.82, 2.24) is 10.2 Å². The van der Waals surface area contributed by atoms with Crippen LogP contribution in [0.4, 0.5) is 4.79 Å². The number of ketones is 1. The lowest BCUT2D eigenvalue weighted by Crippen LogP contribution is -2.37. The third kappa shape index (κ3) is 16.3. The number of nitrogens with zero attached hydrogens (tertiary/aromatic N) is 1. The van der Waals surface area contributed by atoms with Gasteiger partial charge in [-0.05, 0) is 69.9 Å². The molecule has 0 spiro atoms. The van der Waals surface area contributed by atoms with Crippen molar-refractivity contribution < 1.29 is 48.8 Å². The maximum atomic E-state index is 13.4. The van der Waals surface area contributed by atoms with E-state index < -0.39 is 54.2 Å². The van der Waals surface area contributed by atoms with Crippen LogP contribution in [0.1, 0.15) is 102 Å². The molecular formula is C44H60N2O10. The number of hydrogen-bond donors (Lipinski definition) is 4. The van der Waals surface area contributed by atoms with E-state index >= 15 is 0 Å². The monoisotopic (exact) mass is 776 g/mol. The van der Waals surface area contributed by atoms with Crippen LogP contribution in [0.5, 0.6) is 5.75 Å². The van der Waals surface area contributed by atoms with Gasteiger partial charge in [0, 0.05) is 44.2 Å². The number of urea groups is 1. The molecular weight excluding hydrogens is 716 g/mol. The van der Waals surface area contributed by atoms with Gasteiger partial charge in [-0.2, -0.15) is 0 Å². The second-order valence-corrected chi connectivity index (χ2v) is 14.1. The van der Waals surface area contributed by atoms with Gasteiger partial charge in [-0.15, -0.1) is 0 Å². The highest BCUT2D eigenvalue weighted by Crippen LogP contribution is 2.27. The number of nitrogens with one attached hydrogen (secondary N) is 1. The lowest BCUT2D eigenvalue weighted by molar-refractivity contribution is -0.157. The van der Waals surface area contributed by atoms with Crippen LogP contribution in [0.3, 0.4) is 0 Å². The predicted molar refractivity (Wildman–Crippen MR) is 215 cm³/mol. The number of fused-ring (bicyclic) bond motifs is 1. The van der Waals surface area contributed by atoms with E-state index in [1.165, 1.54) is 56.6 Å². The number of aromatic hydroxyl groups is 1. The zero-order chi connectivity index (χ0) is 41.6. The van der Waals surface area contributed by atoms with E-state index in [0.717, 1.165) is 11.3 Å². The Morgan fingerprint density at radius 1 is 1.07 bits per heavy atom. The van der Waals surface area contributed by atoms with Crippen LogP contribution in [0, 0.1) is 17.8 Å². The summed E-state index contributed by atoms with van der Waals surface area (Å²) in [5.74, 6) is -3.99. The number of phenolic OH excluding ortho intramolecular Hbond substituents is 1. The summed E-state index contributed by atoms with van der Waals surface area (Å²) in [6.07, 6.45) is 18.7. The first-order valence-electron chi connectivity index (χ1n) is 19.3. The molecule has 1 aromatic carbocycles. The lowest BCUT2D eigenvalue weighted by atomic mass is 9.93. The standard InChI is InChI=1S/C44H60N2O10/c1-7-9-11-12-25-40(51)46(44(54)45-26-16-22-35(55-42(52)32(5)33(6)47)28-38(49)30(3)18-10-8-2)27-17-23-36-29-39(50)31(4)19-13-14-20-34-21-15-24-37(48)41(34)43(53)56-36/h8-17,21,24-27,30-32,35-36,38-39,48-50H,7,18-20,22-23,28-29H2,1-6H3,(H,45,54)/t30-,31-,32?,35-,36?,38+,39+/m0/s1. The molecule has 12 nitrogen and oxygen atoms in total. The lowest BCUT2D eigenvalue weighted by Gasteiger charge is -2.25. The minimum atomic E-state index is -0.980. The molecule has 1 aromatic rings. The fourth-order valence-corrected chi connectivity index (χ4v) is 5.62. The molecule has 306 valence electrons. The number of Topliss-reactive ketones (excluding diaryl/α,β-unsaturated/α-hetero) is 1. The summed E-state index contributed by atoms with van der Waals surface area (Å²) in [5.41, 5.74) is 0.621. The topological polar surface area (TPSA) is 180 Å². The summed E-state index contributed by atoms with van der Waals surface area (Å²) >= 11 is 0. The number of amides is 3. The van der Waals surface area contributed by atoms with E-state index in [1.54, 1.807) is 18.2 Å². The zero-order valence-electron chi connectivity index (χ0n) is 33.5. The van der Waals surface area contributed by atoms with Crippen LogP contribution in [0.25, 0.3) is 0 Å². The fourth-order valence-electron chi connectivity index (χ4n) is 5.62. The molecule has 0 bridgehead atoms. The van der Waals surface area contributed by atoms with Crippen LogP contribution >= 0.6 is 0 Å². The maximum absolute atomic E-state index is 13.4. The van der Waals surface area contributed by atoms with E-state index in [-0.39, 0.29) is 54.6 Å². The third-order valence-corrected chi connectivity index (χ3v) is 9.49. The molecule has 0 aromatic heterocycles. The third-order valence-electron chi connectivity index (χ3n) is 9.49. The fraction of sp³-hybridized carbons (Fsp3) is 0.477. The van der Waals surface area contributed by atoms with Gasteiger partial charge in [0.2, 0.25) is 0 Å². The van der Waals surface area contributed by atoms with Gasteiger partial charge in [0.1, 0.15) is 35.2 Å². The number of aliphatic hydroxyl groups excluding tert-OH is 2. The first-order valence-corrected chi connectivity index (χ1v) is 19.3. The first-order chi connectivity index (χ1) is 26.7. The summed E-state index contributed by atoms with van der Waals surface area (Å²) in [6.45, 7) is 10.3. The number of benzene rings is 1. The number of imide groups is 1. The molecule has 7 atom stereocenters. The number of carbonyl (C=O) groups excluding carboxylic acids is 5. The normalized spacial score (nSPS) is 20.3. The van der Waals surface area contributed by atoms with Gasteiger partial charge in [-0.1, -0.05) is 87.6 Å². The maximum Gasteiger partial charge on any atom is 0.342 e. The number of hydrogen-bond acceptors (Lipinski definition) is 10. The Balaban J connectivity index is 2.30. The quantitative estimate of drug-likeness (QED) is 0.0417. The Morgan fingerprint density at radius 2 is 1.82 bits per heavy atom. The number of phenols is 1. The van der Waals surface area contributed by atoms with Gasteiger partial charge in [0.05, 0.1) is 12.2 Å². The molecule has 1 aliphatic heterocycles. The second-order valence-electron chi connectivity index (χ2n) is 14.1. The average Bonchev–Trinajstić information content (AvgIpc) is 3.15.